The lowest BCUT2D eigenvalue weighted by Crippen LogP contribution is -2.10. The number of carbonyl (C=O) groups is 2. The Labute approximate surface area is 128 Å². The molecule has 0 aliphatic carbocycles. The Morgan fingerprint density at radius 1 is 0.810 bits per heavy atom. The molecule has 0 fully saturated rings. The topological polar surface area (TPSA) is 52.6 Å². The smallest absolute Gasteiger partial charge is 0.333 e. The minimum absolute atomic E-state index is 0.295. The van der Waals surface area contributed by atoms with E-state index in [0.717, 1.165) is 51.4 Å². The maximum atomic E-state index is 11.6. The summed E-state index contributed by atoms with van der Waals surface area (Å²) in [5.41, 5.74) is 0.295. The van der Waals surface area contributed by atoms with Gasteiger partial charge in [-0.25, -0.2) is 9.59 Å². The van der Waals surface area contributed by atoms with Crippen LogP contribution in [0.5, 0.6) is 0 Å². The maximum Gasteiger partial charge on any atom is 0.333 e. The van der Waals surface area contributed by atoms with Crippen LogP contribution in [-0.2, 0) is 19.1 Å². The summed E-state index contributed by atoms with van der Waals surface area (Å²) in [6.45, 7) is 6.66. The fourth-order valence-corrected chi connectivity index (χ4v) is 1.79. The molecule has 0 aliphatic heterocycles. The second-order valence-electron chi connectivity index (χ2n) is 5.25. The molecule has 0 rings (SSSR count). The summed E-state index contributed by atoms with van der Waals surface area (Å²) in [5, 5.41) is 0. The number of hydrogen-bond acceptors (Lipinski definition) is 4. The Morgan fingerprint density at radius 3 is 1.86 bits per heavy atom. The third kappa shape index (κ3) is 12.2. The first kappa shape index (κ1) is 19.7. The summed E-state index contributed by atoms with van der Waals surface area (Å²) in [5.74, 6) is -0.902. The molecule has 0 saturated carbocycles. The van der Waals surface area contributed by atoms with E-state index in [1.54, 1.807) is 6.92 Å². The summed E-state index contributed by atoms with van der Waals surface area (Å²) >= 11 is 0. The van der Waals surface area contributed by atoms with Crippen LogP contribution < -0.4 is 0 Å². The molecule has 0 aliphatic rings. The molecule has 0 saturated heterocycles. The molecule has 0 aromatic carbocycles. The first-order chi connectivity index (χ1) is 10.1. The van der Waals surface area contributed by atoms with E-state index in [1.807, 2.05) is 0 Å². The normalized spacial score (nSPS) is 11.3. The van der Waals surface area contributed by atoms with Gasteiger partial charge in [-0.3, -0.25) is 0 Å². The highest BCUT2D eigenvalue weighted by Gasteiger charge is 2.08. The van der Waals surface area contributed by atoms with Crippen molar-refractivity contribution in [2.45, 2.75) is 72.1 Å². The number of rotatable bonds is 12. The van der Waals surface area contributed by atoms with E-state index in [2.05, 4.69) is 13.8 Å². The van der Waals surface area contributed by atoms with E-state index in [1.165, 1.54) is 6.08 Å². The number of hydrogen-bond donors (Lipinski definition) is 0. The second kappa shape index (κ2) is 13.7. The van der Waals surface area contributed by atoms with Crippen molar-refractivity contribution >= 4 is 11.9 Å². The fourth-order valence-electron chi connectivity index (χ4n) is 1.79. The van der Waals surface area contributed by atoms with E-state index in [4.69, 9.17) is 9.47 Å². The lowest BCUT2D eigenvalue weighted by molar-refractivity contribution is -0.141. The van der Waals surface area contributed by atoms with Gasteiger partial charge in [0.15, 0.2) is 0 Å². The van der Waals surface area contributed by atoms with Gasteiger partial charge in [-0.2, -0.15) is 0 Å². The van der Waals surface area contributed by atoms with Gasteiger partial charge in [-0.15, -0.1) is 0 Å². The predicted octanol–water partition coefficient (Wildman–Crippen LogP) is 4.18. The van der Waals surface area contributed by atoms with Crippen LogP contribution in [0.3, 0.4) is 0 Å². The van der Waals surface area contributed by atoms with Crippen molar-refractivity contribution in [3.05, 3.63) is 11.6 Å². The zero-order chi connectivity index (χ0) is 15.9. The Morgan fingerprint density at radius 2 is 1.33 bits per heavy atom. The van der Waals surface area contributed by atoms with Gasteiger partial charge in [0, 0.05) is 11.6 Å². The molecule has 0 radical (unpaired) electrons. The molecule has 4 nitrogen and oxygen atoms in total. The quantitative estimate of drug-likeness (QED) is 0.308. The molecule has 21 heavy (non-hydrogen) atoms. The standard InChI is InChI=1S/C17H30O4/c1-4-6-8-10-12-20-16(18)14-15(3)17(19)21-13-11-9-7-5-2/h14H,4-13H2,1-3H3/b15-14+. The van der Waals surface area contributed by atoms with Crippen molar-refractivity contribution in [1.82, 2.24) is 0 Å². The molecule has 4 heteroatoms. The van der Waals surface area contributed by atoms with Gasteiger partial charge < -0.3 is 9.47 Å². The highest BCUT2D eigenvalue weighted by Crippen LogP contribution is 2.03. The molecule has 122 valence electrons. The molecule has 0 bridgehead atoms. The molecule has 0 unspecified atom stereocenters. The van der Waals surface area contributed by atoms with Crippen molar-refractivity contribution in [3.8, 4) is 0 Å². The van der Waals surface area contributed by atoms with Gasteiger partial charge in [0.25, 0.3) is 0 Å². The van der Waals surface area contributed by atoms with Crippen LogP contribution in [0.2, 0.25) is 0 Å². The van der Waals surface area contributed by atoms with Crippen LogP contribution in [0.4, 0.5) is 0 Å². The molecule has 0 heterocycles. The van der Waals surface area contributed by atoms with Crippen LogP contribution in [0.15, 0.2) is 11.6 Å². The highest BCUT2D eigenvalue weighted by molar-refractivity contribution is 5.95. The molecule has 0 atom stereocenters. The van der Waals surface area contributed by atoms with Crippen LogP contribution in [0.1, 0.15) is 72.1 Å². The van der Waals surface area contributed by atoms with E-state index in [9.17, 15) is 9.59 Å². The van der Waals surface area contributed by atoms with Gasteiger partial charge >= 0.3 is 11.9 Å². The van der Waals surface area contributed by atoms with Crippen LogP contribution in [-0.4, -0.2) is 25.2 Å². The average molecular weight is 298 g/mol. The van der Waals surface area contributed by atoms with Crippen molar-refractivity contribution in [2.24, 2.45) is 0 Å². The monoisotopic (exact) mass is 298 g/mol. The molecule has 0 N–H and O–H groups in total. The van der Waals surface area contributed by atoms with Gasteiger partial charge in [-0.1, -0.05) is 52.4 Å². The Balaban J connectivity index is 3.81. The number of esters is 2. The van der Waals surface area contributed by atoms with Gasteiger partial charge in [0.2, 0.25) is 0 Å². The largest absolute Gasteiger partial charge is 0.463 e. The molecule has 0 spiro atoms. The summed E-state index contributed by atoms with van der Waals surface area (Å²) in [6.07, 6.45) is 9.68. The Bertz CT molecular complexity index is 321. The fraction of sp³-hybridized carbons (Fsp3) is 0.765. The van der Waals surface area contributed by atoms with Crippen molar-refractivity contribution in [2.75, 3.05) is 13.2 Å². The van der Waals surface area contributed by atoms with Crippen LogP contribution >= 0.6 is 0 Å². The van der Waals surface area contributed by atoms with E-state index < -0.39 is 11.9 Å². The lowest BCUT2D eigenvalue weighted by atomic mass is 10.2. The summed E-state index contributed by atoms with van der Waals surface area (Å²) in [6, 6.07) is 0. The van der Waals surface area contributed by atoms with Crippen molar-refractivity contribution < 1.29 is 19.1 Å². The summed E-state index contributed by atoms with van der Waals surface area (Å²) in [4.78, 5) is 23.1. The first-order valence-electron chi connectivity index (χ1n) is 8.14. The minimum atomic E-state index is -0.466. The molecule has 0 aromatic heterocycles. The van der Waals surface area contributed by atoms with Crippen LogP contribution in [0, 0.1) is 0 Å². The van der Waals surface area contributed by atoms with E-state index >= 15 is 0 Å². The van der Waals surface area contributed by atoms with Gasteiger partial charge in [-0.05, 0) is 19.8 Å². The molecular formula is C17H30O4. The van der Waals surface area contributed by atoms with Gasteiger partial charge in [0.1, 0.15) is 0 Å². The highest BCUT2D eigenvalue weighted by atomic mass is 16.5. The van der Waals surface area contributed by atoms with Gasteiger partial charge in [0.05, 0.1) is 13.2 Å². The lowest BCUT2D eigenvalue weighted by Gasteiger charge is -2.05. The average Bonchev–Trinajstić information content (AvgIpc) is 2.46. The molecule has 0 aromatic rings. The predicted molar refractivity (Wildman–Crippen MR) is 84.0 cm³/mol. The third-order valence-electron chi connectivity index (χ3n) is 3.13. The zero-order valence-electron chi connectivity index (χ0n) is 13.8. The van der Waals surface area contributed by atoms with Crippen LogP contribution in [0.25, 0.3) is 0 Å². The Hall–Kier alpha value is -1.32. The number of carbonyl (C=O) groups excluding carboxylic acids is 2. The second-order valence-corrected chi connectivity index (χ2v) is 5.25. The van der Waals surface area contributed by atoms with Crippen molar-refractivity contribution in [1.29, 1.82) is 0 Å². The van der Waals surface area contributed by atoms with Crippen molar-refractivity contribution in [3.63, 3.8) is 0 Å². The Kier molecular flexibility index (Phi) is 12.8. The molecular weight excluding hydrogens is 268 g/mol. The molecule has 0 amide bonds. The maximum absolute atomic E-state index is 11.6. The minimum Gasteiger partial charge on any atom is -0.463 e. The summed E-state index contributed by atoms with van der Waals surface area (Å²) in [7, 11) is 0. The number of unbranched alkanes of at least 4 members (excludes halogenated alkanes) is 6. The van der Waals surface area contributed by atoms with E-state index in [0.29, 0.717) is 18.8 Å². The number of ether oxygens (including phenoxy) is 2. The zero-order valence-corrected chi connectivity index (χ0v) is 13.8. The third-order valence-corrected chi connectivity index (χ3v) is 3.13. The summed E-state index contributed by atoms with van der Waals surface area (Å²) < 4.78 is 10.1. The van der Waals surface area contributed by atoms with E-state index in [-0.39, 0.29) is 0 Å². The first-order valence-corrected chi connectivity index (χ1v) is 8.14. The SMILES string of the molecule is CCCCCCOC(=O)/C=C(\C)C(=O)OCCCCCC.